The van der Waals surface area contributed by atoms with Crippen molar-refractivity contribution in [1.82, 2.24) is 15.5 Å². The molecule has 1 heterocycles. The summed E-state index contributed by atoms with van der Waals surface area (Å²) in [4.78, 5) is 24.3. The van der Waals surface area contributed by atoms with Crippen LogP contribution >= 0.6 is 0 Å². The van der Waals surface area contributed by atoms with E-state index in [1.54, 1.807) is 0 Å². The second-order valence-electron chi connectivity index (χ2n) is 3.76. The highest BCUT2D eigenvalue weighted by Crippen LogP contribution is 1.92. The monoisotopic (exact) mass is 213 g/mol. The van der Waals surface area contributed by atoms with E-state index in [0.29, 0.717) is 19.6 Å². The van der Waals surface area contributed by atoms with Gasteiger partial charge in [0.25, 0.3) is 0 Å². The Kier molecular flexibility index (Phi) is 5.10. The first-order valence-corrected chi connectivity index (χ1v) is 5.48. The van der Waals surface area contributed by atoms with Gasteiger partial charge in [-0.25, -0.2) is 0 Å². The molecule has 0 spiro atoms. The Morgan fingerprint density at radius 3 is 3.07 bits per heavy atom. The van der Waals surface area contributed by atoms with Crippen LogP contribution in [0.2, 0.25) is 0 Å². The molecule has 0 aromatic heterocycles. The fraction of sp³-hybridized carbons (Fsp3) is 0.800. The van der Waals surface area contributed by atoms with Crippen LogP contribution in [0, 0.1) is 0 Å². The molecule has 0 radical (unpaired) electrons. The number of unbranched alkanes of at least 4 members (excludes halogenated alkanes) is 1. The maximum absolute atomic E-state index is 11.4. The number of amides is 2. The Morgan fingerprint density at radius 2 is 2.40 bits per heavy atom. The van der Waals surface area contributed by atoms with Gasteiger partial charge in [0.05, 0.1) is 13.1 Å². The van der Waals surface area contributed by atoms with Crippen molar-refractivity contribution in [2.45, 2.75) is 19.8 Å². The van der Waals surface area contributed by atoms with Gasteiger partial charge in [0.2, 0.25) is 11.8 Å². The number of nitrogens with zero attached hydrogens (tertiary/aromatic N) is 1. The zero-order valence-electron chi connectivity index (χ0n) is 9.21. The molecule has 0 aliphatic carbocycles. The van der Waals surface area contributed by atoms with Gasteiger partial charge in [0.1, 0.15) is 0 Å². The van der Waals surface area contributed by atoms with Crippen LogP contribution in [0.25, 0.3) is 0 Å². The number of hydrogen-bond donors (Lipinski definition) is 2. The maximum Gasteiger partial charge on any atom is 0.234 e. The van der Waals surface area contributed by atoms with Gasteiger partial charge in [-0.15, -0.1) is 0 Å². The fourth-order valence-electron chi connectivity index (χ4n) is 1.49. The number of piperazine rings is 1. The molecular formula is C10H19N3O2. The summed E-state index contributed by atoms with van der Waals surface area (Å²) in [5, 5.41) is 5.56. The van der Waals surface area contributed by atoms with Crippen LogP contribution in [0.5, 0.6) is 0 Å². The average molecular weight is 213 g/mol. The molecule has 5 nitrogen and oxygen atoms in total. The van der Waals surface area contributed by atoms with Crippen molar-refractivity contribution in [3.8, 4) is 0 Å². The first-order valence-electron chi connectivity index (χ1n) is 5.48. The first kappa shape index (κ1) is 12.0. The summed E-state index contributed by atoms with van der Waals surface area (Å²) in [7, 11) is 0. The van der Waals surface area contributed by atoms with E-state index in [4.69, 9.17) is 0 Å². The van der Waals surface area contributed by atoms with Gasteiger partial charge in [-0.05, 0) is 6.42 Å². The Bertz CT molecular complexity index is 231. The molecule has 0 atom stereocenters. The van der Waals surface area contributed by atoms with Crippen molar-refractivity contribution in [3.05, 3.63) is 0 Å². The van der Waals surface area contributed by atoms with E-state index in [9.17, 15) is 9.59 Å². The highest BCUT2D eigenvalue weighted by molar-refractivity contribution is 5.81. The van der Waals surface area contributed by atoms with Crippen LogP contribution in [0.15, 0.2) is 0 Å². The largest absolute Gasteiger partial charge is 0.355 e. The highest BCUT2D eigenvalue weighted by Gasteiger charge is 2.17. The summed E-state index contributed by atoms with van der Waals surface area (Å²) in [6.45, 7) is 4.88. The molecule has 0 aromatic carbocycles. The van der Waals surface area contributed by atoms with E-state index in [1.807, 2.05) is 4.90 Å². The number of hydrogen-bond acceptors (Lipinski definition) is 3. The molecule has 1 saturated heterocycles. The normalized spacial score (nSPS) is 17.3. The minimum absolute atomic E-state index is 0.00241. The van der Waals surface area contributed by atoms with Gasteiger partial charge in [0, 0.05) is 19.6 Å². The minimum atomic E-state index is 0.00241. The van der Waals surface area contributed by atoms with Crippen molar-refractivity contribution in [3.63, 3.8) is 0 Å². The predicted octanol–water partition coefficient (Wildman–Crippen LogP) is -0.665. The molecule has 2 amide bonds. The predicted molar refractivity (Wildman–Crippen MR) is 57.4 cm³/mol. The van der Waals surface area contributed by atoms with Crippen LogP contribution in [0.3, 0.4) is 0 Å². The zero-order chi connectivity index (χ0) is 11.1. The van der Waals surface area contributed by atoms with E-state index in [0.717, 1.165) is 25.9 Å². The van der Waals surface area contributed by atoms with Gasteiger partial charge in [-0.3, -0.25) is 14.5 Å². The summed E-state index contributed by atoms with van der Waals surface area (Å²) in [6.07, 6.45) is 2.08. The lowest BCUT2D eigenvalue weighted by atomic mass is 10.3. The fourth-order valence-corrected chi connectivity index (χ4v) is 1.49. The minimum Gasteiger partial charge on any atom is -0.355 e. The molecule has 2 N–H and O–H groups in total. The lowest BCUT2D eigenvalue weighted by molar-refractivity contribution is -0.126. The number of nitrogens with one attached hydrogen (secondary N) is 2. The summed E-state index contributed by atoms with van der Waals surface area (Å²) in [6, 6.07) is 0. The van der Waals surface area contributed by atoms with Crippen LogP contribution < -0.4 is 10.6 Å². The molecule has 5 heteroatoms. The molecule has 15 heavy (non-hydrogen) atoms. The number of rotatable bonds is 5. The SMILES string of the molecule is CCCCNC(=O)CN1CCNC(=O)C1. The number of carbonyl (C=O) groups is 2. The van der Waals surface area contributed by atoms with Crippen molar-refractivity contribution < 1.29 is 9.59 Å². The third kappa shape index (κ3) is 4.78. The Balaban J connectivity index is 2.16. The molecule has 0 bridgehead atoms. The van der Waals surface area contributed by atoms with Crippen LogP contribution in [-0.2, 0) is 9.59 Å². The molecule has 1 fully saturated rings. The summed E-state index contributed by atoms with van der Waals surface area (Å²) >= 11 is 0. The Labute approximate surface area is 90.2 Å². The summed E-state index contributed by atoms with van der Waals surface area (Å²) in [5.41, 5.74) is 0. The van der Waals surface area contributed by atoms with E-state index in [-0.39, 0.29) is 11.8 Å². The molecule has 1 rings (SSSR count). The second-order valence-corrected chi connectivity index (χ2v) is 3.76. The molecular weight excluding hydrogens is 194 g/mol. The molecule has 86 valence electrons. The van der Waals surface area contributed by atoms with Crippen molar-refractivity contribution >= 4 is 11.8 Å². The molecule has 1 aliphatic heterocycles. The summed E-state index contributed by atoms with van der Waals surface area (Å²) < 4.78 is 0. The highest BCUT2D eigenvalue weighted by atomic mass is 16.2. The van der Waals surface area contributed by atoms with Crippen molar-refractivity contribution in [1.29, 1.82) is 0 Å². The third-order valence-electron chi connectivity index (χ3n) is 2.34. The third-order valence-corrected chi connectivity index (χ3v) is 2.34. The van der Waals surface area contributed by atoms with Crippen LogP contribution in [0.4, 0.5) is 0 Å². The van der Waals surface area contributed by atoms with E-state index >= 15 is 0 Å². The van der Waals surface area contributed by atoms with Gasteiger partial charge in [0.15, 0.2) is 0 Å². The van der Waals surface area contributed by atoms with Crippen molar-refractivity contribution in [2.24, 2.45) is 0 Å². The van der Waals surface area contributed by atoms with Crippen molar-refractivity contribution in [2.75, 3.05) is 32.7 Å². The quantitative estimate of drug-likeness (QED) is 0.596. The smallest absolute Gasteiger partial charge is 0.234 e. The molecule has 0 aromatic rings. The second kappa shape index (κ2) is 6.40. The topological polar surface area (TPSA) is 61.4 Å². The van der Waals surface area contributed by atoms with Gasteiger partial charge >= 0.3 is 0 Å². The number of carbonyl (C=O) groups excluding carboxylic acids is 2. The molecule has 0 saturated carbocycles. The van der Waals surface area contributed by atoms with Crippen LogP contribution in [0.1, 0.15) is 19.8 Å². The Morgan fingerprint density at radius 1 is 1.60 bits per heavy atom. The lowest BCUT2D eigenvalue weighted by Gasteiger charge is -2.25. The average Bonchev–Trinajstić information content (AvgIpc) is 2.18. The standard InChI is InChI=1S/C10H19N3O2/c1-2-3-4-11-9(14)7-13-6-5-12-10(15)8-13/h2-8H2,1H3,(H,11,14)(H,12,15). The van der Waals surface area contributed by atoms with Gasteiger partial charge in [-0.2, -0.15) is 0 Å². The Hall–Kier alpha value is -1.10. The summed E-state index contributed by atoms with van der Waals surface area (Å²) in [5.74, 6) is 0.0146. The molecule has 1 aliphatic rings. The zero-order valence-corrected chi connectivity index (χ0v) is 9.21. The van der Waals surface area contributed by atoms with E-state index < -0.39 is 0 Å². The van der Waals surface area contributed by atoms with E-state index in [1.165, 1.54) is 0 Å². The first-order chi connectivity index (χ1) is 7.22. The molecule has 0 unspecified atom stereocenters. The maximum atomic E-state index is 11.4. The van der Waals surface area contributed by atoms with E-state index in [2.05, 4.69) is 17.6 Å². The van der Waals surface area contributed by atoms with Gasteiger partial charge in [-0.1, -0.05) is 13.3 Å². The van der Waals surface area contributed by atoms with Gasteiger partial charge < -0.3 is 10.6 Å². The lowest BCUT2D eigenvalue weighted by Crippen LogP contribution is -2.50. The van der Waals surface area contributed by atoms with Crippen LogP contribution in [-0.4, -0.2) is 49.4 Å².